The summed E-state index contributed by atoms with van der Waals surface area (Å²) in [5, 5.41) is 15.8. The Labute approximate surface area is 143 Å². The van der Waals surface area contributed by atoms with E-state index >= 15 is 0 Å². The number of amides is 1. The van der Waals surface area contributed by atoms with Crippen molar-refractivity contribution in [3.05, 3.63) is 76.8 Å². The Bertz CT molecular complexity index is 932. The first-order valence-electron chi connectivity index (χ1n) is 7.32. The van der Waals surface area contributed by atoms with E-state index in [0.29, 0.717) is 5.69 Å². The molecule has 3 aromatic rings. The average molecular weight is 339 g/mol. The molecular formula is C19H13ClNO3-. The number of carbonyl (C=O) groups is 2. The van der Waals surface area contributed by atoms with E-state index in [1.165, 1.54) is 12.1 Å². The van der Waals surface area contributed by atoms with Gasteiger partial charge in [-0.3, -0.25) is 4.79 Å². The number of carboxylic acid groups (broad SMARTS) is 1. The van der Waals surface area contributed by atoms with Crippen molar-refractivity contribution in [3.63, 3.8) is 0 Å². The van der Waals surface area contributed by atoms with Crippen LogP contribution in [0.5, 0.6) is 0 Å². The van der Waals surface area contributed by atoms with Crippen molar-refractivity contribution < 1.29 is 14.7 Å². The van der Waals surface area contributed by atoms with Crippen molar-refractivity contribution in [3.8, 4) is 0 Å². The van der Waals surface area contributed by atoms with Gasteiger partial charge in [0.1, 0.15) is 0 Å². The second-order valence-corrected chi connectivity index (χ2v) is 5.75. The first-order chi connectivity index (χ1) is 11.5. The molecule has 0 aliphatic carbocycles. The molecule has 5 heteroatoms. The van der Waals surface area contributed by atoms with Gasteiger partial charge in [-0.05, 0) is 34.5 Å². The lowest BCUT2D eigenvalue weighted by Crippen LogP contribution is -2.23. The topological polar surface area (TPSA) is 69.2 Å². The zero-order valence-electron chi connectivity index (χ0n) is 12.6. The standard InChI is InChI=1S/C19H14ClNO3/c20-17-9-8-14(11-16(17)19(23)24)21-18(22)10-13-6-3-5-12-4-1-2-7-15(12)13/h1-9,11H,10H2,(H,21,22)(H,23,24)/p-1. The third-order valence-corrected chi connectivity index (χ3v) is 4.03. The molecule has 3 aromatic carbocycles. The fourth-order valence-corrected chi connectivity index (χ4v) is 2.78. The number of carboxylic acids is 1. The molecule has 0 aromatic heterocycles. The molecule has 120 valence electrons. The van der Waals surface area contributed by atoms with Crippen molar-refractivity contribution in [1.82, 2.24) is 0 Å². The van der Waals surface area contributed by atoms with Crippen LogP contribution in [0.3, 0.4) is 0 Å². The molecule has 0 heterocycles. The van der Waals surface area contributed by atoms with Gasteiger partial charge in [0.25, 0.3) is 0 Å². The van der Waals surface area contributed by atoms with E-state index < -0.39 is 5.97 Å². The van der Waals surface area contributed by atoms with Gasteiger partial charge >= 0.3 is 0 Å². The molecule has 1 N–H and O–H groups in total. The summed E-state index contributed by atoms with van der Waals surface area (Å²) < 4.78 is 0. The molecule has 0 spiro atoms. The zero-order chi connectivity index (χ0) is 17.1. The summed E-state index contributed by atoms with van der Waals surface area (Å²) in [5.74, 6) is -1.62. The molecule has 1 amide bonds. The third kappa shape index (κ3) is 3.39. The number of aromatic carboxylic acids is 1. The molecule has 0 saturated heterocycles. The highest BCUT2D eigenvalue weighted by Crippen LogP contribution is 2.22. The van der Waals surface area contributed by atoms with E-state index in [-0.39, 0.29) is 22.9 Å². The van der Waals surface area contributed by atoms with Crippen LogP contribution in [0.4, 0.5) is 5.69 Å². The Hall–Kier alpha value is -2.85. The van der Waals surface area contributed by atoms with Gasteiger partial charge in [0.15, 0.2) is 0 Å². The normalized spacial score (nSPS) is 10.5. The minimum Gasteiger partial charge on any atom is -0.545 e. The van der Waals surface area contributed by atoms with Gasteiger partial charge in [0.2, 0.25) is 5.91 Å². The minimum absolute atomic E-state index is 0.0713. The number of nitrogens with one attached hydrogen (secondary N) is 1. The largest absolute Gasteiger partial charge is 0.545 e. The van der Waals surface area contributed by atoms with E-state index in [9.17, 15) is 14.7 Å². The third-order valence-electron chi connectivity index (χ3n) is 3.70. The summed E-state index contributed by atoms with van der Waals surface area (Å²) in [7, 11) is 0. The fourth-order valence-electron chi connectivity index (χ4n) is 2.58. The number of fused-ring (bicyclic) bond motifs is 1. The highest BCUT2D eigenvalue weighted by atomic mass is 35.5. The van der Waals surface area contributed by atoms with E-state index in [1.807, 2.05) is 42.5 Å². The first kappa shape index (κ1) is 16.0. The Morgan fingerprint density at radius 2 is 1.75 bits per heavy atom. The summed E-state index contributed by atoms with van der Waals surface area (Å²) >= 11 is 5.79. The number of anilines is 1. The maximum Gasteiger partial charge on any atom is 0.228 e. The Kier molecular flexibility index (Phi) is 4.49. The summed E-state index contributed by atoms with van der Waals surface area (Å²) in [6.45, 7) is 0. The minimum atomic E-state index is -1.38. The van der Waals surface area contributed by atoms with Gasteiger partial charge in [0, 0.05) is 16.3 Å². The van der Waals surface area contributed by atoms with Gasteiger partial charge in [-0.15, -0.1) is 0 Å². The summed E-state index contributed by atoms with van der Waals surface area (Å²) in [5.41, 5.74) is 1.11. The number of benzene rings is 3. The lowest BCUT2D eigenvalue weighted by molar-refractivity contribution is -0.255. The van der Waals surface area contributed by atoms with Crippen LogP contribution in [0.1, 0.15) is 15.9 Å². The highest BCUT2D eigenvalue weighted by molar-refractivity contribution is 6.33. The van der Waals surface area contributed by atoms with Gasteiger partial charge in [-0.2, -0.15) is 0 Å². The molecule has 0 saturated carbocycles. The molecule has 0 bridgehead atoms. The number of hydrogen-bond acceptors (Lipinski definition) is 3. The second kappa shape index (κ2) is 6.72. The summed E-state index contributed by atoms with van der Waals surface area (Å²) in [6, 6.07) is 17.9. The van der Waals surface area contributed by atoms with E-state index in [4.69, 9.17) is 11.6 Å². The molecule has 4 nitrogen and oxygen atoms in total. The van der Waals surface area contributed by atoms with Crippen LogP contribution in [0.15, 0.2) is 60.7 Å². The van der Waals surface area contributed by atoms with E-state index in [2.05, 4.69) is 5.32 Å². The number of rotatable bonds is 4. The van der Waals surface area contributed by atoms with Crippen LogP contribution in [0, 0.1) is 0 Å². The van der Waals surface area contributed by atoms with Crippen LogP contribution in [-0.4, -0.2) is 11.9 Å². The number of hydrogen-bond donors (Lipinski definition) is 1. The Morgan fingerprint density at radius 3 is 2.54 bits per heavy atom. The van der Waals surface area contributed by atoms with Gasteiger partial charge in [-0.1, -0.05) is 54.1 Å². The molecule has 0 radical (unpaired) electrons. The lowest BCUT2D eigenvalue weighted by Gasteiger charge is -2.11. The number of halogens is 1. The smallest absolute Gasteiger partial charge is 0.228 e. The molecule has 0 aliphatic rings. The van der Waals surface area contributed by atoms with Crippen LogP contribution in [-0.2, 0) is 11.2 Å². The second-order valence-electron chi connectivity index (χ2n) is 5.35. The van der Waals surface area contributed by atoms with Crippen molar-refractivity contribution in [2.24, 2.45) is 0 Å². The maximum absolute atomic E-state index is 12.3. The molecule has 0 unspecified atom stereocenters. The fraction of sp³-hybridized carbons (Fsp3) is 0.0526. The highest BCUT2D eigenvalue weighted by Gasteiger charge is 2.09. The van der Waals surface area contributed by atoms with Crippen molar-refractivity contribution >= 4 is 39.9 Å². The molecule has 24 heavy (non-hydrogen) atoms. The van der Waals surface area contributed by atoms with Crippen LogP contribution in [0.2, 0.25) is 5.02 Å². The van der Waals surface area contributed by atoms with Gasteiger partial charge in [0.05, 0.1) is 12.4 Å². The predicted molar refractivity (Wildman–Crippen MR) is 92.1 cm³/mol. The van der Waals surface area contributed by atoms with Crippen molar-refractivity contribution in [2.45, 2.75) is 6.42 Å². The molecule has 0 aliphatic heterocycles. The molecular weight excluding hydrogens is 326 g/mol. The molecule has 0 fully saturated rings. The Morgan fingerprint density at radius 1 is 1.00 bits per heavy atom. The first-order valence-corrected chi connectivity index (χ1v) is 7.70. The van der Waals surface area contributed by atoms with Crippen LogP contribution < -0.4 is 10.4 Å². The van der Waals surface area contributed by atoms with Gasteiger partial charge in [-0.25, -0.2) is 0 Å². The summed E-state index contributed by atoms with van der Waals surface area (Å²) in [4.78, 5) is 23.3. The van der Waals surface area contributed by atoms with Crippen molar-refractivity contribution in [1.29, 1.82) is 0 Å². The predicted octanol–water partition coefficient (Wildman–Crippen LogP) is 3.04. The van der Waals surface area contributed by atoms with Crippen LogP contribution >= 0.6 is 11.6 Å². The van der Waals surface area contributed by atoms with Crippen molar-refractivity contribution in [2.75, 3.05) is 5.32 Å². The van der Waals surface area contributed by atoms with E-state index in [1.54, 1.807) is 6.07 Å². The maximum atomic E-state index is 12.3. The quantitative estimate of drug-likeness (QED) is 0.795. The van der Waals surface area contributed by atoms with Crippen LogP contribution in [0.25, 0.3) is 10.8 Å². The van der Waals surface area contributed by atoms with Gasteiger partial charge < -0.3 is 15.2 Å². The monoisotopic (exact) mass is 338 g/mol. The average Bonchev–Trinajstić information content (AvgIpc) is 2.56. The zero-order valence-corrected chi connectivity index (χ0v) is 13.3. The lowest BCUT2D eigenvalue weighted by atomic mass is 10.0. The SMILES string of the molecule is O=C(Cc1cccc2ccccc12)Nc1ccc(Cl)c(C(=O)[O-])c1. The van der Waals surface area contributed by atoms with E-state index in [0.717, 1.165) is 16.3 Å². The number of carbonyl (C=O) groups excluding carboxylic acids is 2. The molecule has 3 rings (SSSR count). The molecule has 0 atom stereocenters. The summed E-state index contributed by atoms with van der Waals surface area (Å²) in [6.07, 6.45) is 0.185. The Balaban J connectivity index is 1.81.